The third-order valence-corrected chi connectivity index (χ3v) is 3.71. The first-order valence-electron chi connectivity index (χ1n) is 6.58. The Balaban J connectivity index is 1.80. The fourth-order valence-corrected chi connectivity index (χ4v) is 3.19. The number of amides is 1. The van der Waals surface area contributed by atoms with Crippen molar-refractivity contribution in [1.29, 1.82) is 0 Å². The summed E-state index contributed by atoms with van der Waals surface area (Å²) in [6, 6.07) is 0. The Bertz CT molecular complexity index is 286. The second kappa shape index (κ2) is 4.58. The summed E-state index contributed by atoms with van der Waals surface area (Å²) < 4.78 is 0. The van der Waals surface area contributed by atoms with E-state index in [-0.39, 0.29) is 5.91 Å². The summed E-state index contributed by atoms with van der Waals surface area (Å²) >= 11 is 0. The molecule has 2 aliphatic heterocycles. The lowest BCUT2D eigenvalue weighted by Crippen LogP contribution is -2.62. The summed E-state index contributed by atoms with van der Waals surface area (Å²) in [6.45, 7) is 9.75. The van der Waals surface area contributed by atoms with Crippen molar-refractivity contribution < 1.29 is 9.90 Å². The van der Waals surface area contributed by atoms with Crippen LogP contribution in [0.2, 0.25) is 0 Å². The van der Waals surface area contributed by atoms with Crippen molar-refractivity contribution >= 4 is 5.91 Å². The van der Waals surface area contributed by atoms with Crippen LogP contribution in [0.15, 0.2) is 0 Å². The number of piperidine rings is 1. The molecule has 0 aromatic heterocycles. The zero-order valence-corrected chi connectivity index (χ0v) is 11.1. The average molecular weight is 240 g/mol. The van der Waals surface area contributed by atoms with Gasteiger partial charge in [-0.3, -0.25) is 9.69 Å². The summed E-state index contributed by atoms with van der Waals surface area (Å²) in [5, 5.41) is 9.62. The van der Waals surface area contributed by atoms with E-state index in [2.05, 4.69) is 13.8 Å². The van der Waals surface area contributed by atoms with Crippen LogP contribution in [0.4, 0.5) is 0 Å². The standard InChI is InChI=1S/C13H24N2O2/c1-10-4-11(2)6-15(5-10)12(16)7-14-8-13(3,17)9-14/h10-11,17H,4-9H2,1-3H3. The van der Waals surface area contributed by atoms with E-state index in [1.165, 1.54) is 6.42 Å². The number of β-amino-alcohol motifs (C(OH)–C–C–N with tert-alkyl or cyclic N) is 1. The lowest BCUT2D eigenvalue weighted by atomic mass is 9.91. The molecule has 2 fully saturated rings. The van der Waals surface area contributed by atoms with Crippen LogP contribution in [0, 0.1) is 11.8 Å². The SMILES string of the molecule is CC1CC(C)CN(C(=O)CN2CC(C)(O)C2)C1. The summed E-state index contributed by atoms with van der Waals surface area (Å²) in [6.07, 6.45) is 1.22. The smallest absolute Gasteiger partial charge is 0.236 e. The second-order valence-electron chi connectivity index (χ2n) is 6.39. The predicted molar refractivity (Wildman–Crippen MR) is 66.6 cm³/mol. The topological polar surface area (TPSA) is 43.8 Å². The zero-order valence-electron chi connectivity index (χ0n) is 11.1. The van der Waals surface area contributed by atoms with Gasteiger partial charge in [-0.15, -0.1) is 0 Å². The molecule has 0 spiro atoms. The Morgan fingerprint density at radius 2 is 1.82 bits per heavy atom. The van der Waals surface area contributed by atoms with Gasteiger partial charge in [-0.25, -0.2) is 0 Å². The van der Waals surface area contributed by atoms with Crippen LogP contribution in [0.25, 0.3) is 0 Å². The highest BCUT2D eigenvalue weighted by atomic mass is 16.3. The largest absolute Gasteiger partial charge is 0.388 e. The number of hydrogen-bond acceptors (Lipinski definition) is 3. The van der Waals surface area contributed by atoms with Gasteiger partial charge in [-0.1, -0.05) is 13.8 Å². The molecule has 2 rings (SSSR count). The molecule has 0 aromatic carbocycles. The fraction of sp³-hybridized carbons (Fsp3) is 0.923. The second-order valence-corrected chi connectivity index (χ2v) is 6.39. The maximum absolute atomic E-state index is 12.1. The van der Waals surface area contributed by atoms with Gasteiger partial charge in [0.1, 0.15) is 0 Å². The van der Waals surface area contributed by atoms with E-state index < -0.39 is 5.60 Å². The van der Waals surface area contributed by atoms with Crippen molar-refractivity contribution in [2.75, 3.05) is 32.7 Å². The lowest BCUT2D eigenvalue weighted by Gasteiger charge is -2.45. The van der Waals surface area contributed by atoms with Crippen LogP contribution < -0.4 is 0 Å². The first-order chi connectivity index (χ1) is 7.85. The minimum atomic E-state index is -0.581. The molecule has 2 aliphatic rings. The normalized spacial score (nSPS) is 33.3. The molecule has 1 N–H and O–H groups in total. The average Bonchev–Trinajstić information content (AvgIpc) is 2.13. The van der Waals surface area contributed by atoms with Crippen LogP contribution >= 0.6 is 0 Å². The summed E-state index contributed by atoms with van der Waals surface area (Å²) in [4.78, 5) is 16.1. The number of rotatable bonds is 2. The zero-order chi connectivity index (χ0) is 12.6. The minimum Gasteiger partial charge on any atom is -0.388 e. The molecule has 17 heavy (non-hydrogen) atoms. The molecule has 2 unspecified atom stereocenters. The van der Waals surface area contributed by atoms with Gasteiger partial charge < -0.3 is 10.0 Å². The third-order valence-electron chi connectivity index (χ3n) is 3.71. The summed E-state index contributed by atoms with van der Waals surface area (Å²) in [5.41, 5.74) is -0.581. The minimum absolute atomic E-state index is 0.221. The van der Waals surface area contributed by atoms with Gasteiger partial charge >= 0.3 is 0 Å². The van der Waals surface area contributed by atoms with Gasteiger partial charge in [0.15, 0.2) is 0 Å². The quantitative estimate of drug-likeness (QED) is 0.767. The Kier molecular flexibility index (Phi) is 3.46. The number of aliphatic hydroxyl groups is 1. The van der Waals surface area contributed by atoms with Crippen molar-refractivity contribution in [3.63, 3.8) is 0 Å². The van der Waals surface area contributed by atoms with Crippen LogP contribution in [-0.2, 0) is 4.79 Å². The van der Waals surface area contributed by atoms with Crippen molar-refractivity contribution in [2.45, 2.75) is 32.8 Å². The Morgan fingerprint density at radius 1 is 1.29 bits per heavy atom. The van der Waals surface area contributed by atoms with Crippen LogP contribution in [0.5, 0.6) is 0 Å². The van der Waals surface area contributed by atoms with Crippen molar-refractivity contribution in [2.24, 2.45) is 11.8 Å². The first-order valence-corrected chi connectivity index (χ1v) is 6.58. The lowest BCUT2D eigenvalue weighted by molar-refractivity contribution is -0.142. The fourth-order valence-electron chi connectivity index (χ4n) is 3.19. The van der Waals surface area contributed by atoms with Gasteiger partial charge in [0.2, 0.25) is 5.91 Å². The van der Waals surface area contributed by atoms with Gasteiger partial charge in [0.05, 0.1) is 12.1 Å². The van der Waals surface area contributed by atoms with E-state index in [9.17, 15) is 9.90 Å². The maximum Gasteiger partial charge on any atom is 0.236 e. The Morgan fingerprint density at radius 3 is 2.29 bits per heavy atom. The molecule has 2 heterocycles. The van der Waals surface area contributed by atoms with Crippen molar-refractivity contribution in [3.05, 3.63) is 0 Å². The molecule has 2 saturated heterocycles. The molecule has 0 radical (unpaired) electrons. The number of carbonyl (C=O) groups excluding carboxylic acids is 1. The van der Waals surface area contributed by atoms with E-state index in [0.29, 0.717) is 31.5 Å². The van der Waals surface area contributed by atoms with E-state index in [4.69, 9.17) is 0 Å². The van der Waals surface area contributed by atoms with Crippen molar-refractivity contribution in [1.82, 2.24) is 9.80 Å². The Hall–Kier alpha value is -0.610. The number of likely N-dealkylation sites (tertiary alicyclic amines) is 2. The molecule has 4 nitrogen and oxygen atoms in total. The highest BCUT2D eigenvalue weighted by Gasteiger charge is 2.38. The highest BCUT2D eigenvalue weighted by Crippen LogP contribution is 2.23. The van der Waals surface area contributed by atoms with E-state index in [0.717, 1.165) is 13.1 Å². The van der Waals surface area contributed by atoms with E-state index >= 15 is 0 Å². The monoisotopic (exact) mass is 240 g/mol. The number of carbonyl (C=O) groups is 1. The molecule has 0 saturated carbocycles. The Labute approximate surface area is 104 Å². The predicted octanol–water partition coefficient (Wildman–Crippen LogP) is 0.557. The summed E-state index contributed by atoms with van der Waals surface area (Å²) in [7, 11) is 0. The van der Waals surface area contributed by atoms with Crippen LogP contribution in [0.3, 0.4) is 0 Å². The highest BCUT2D eigenvalue weighted by molar-refractivity contribution is 5.78. The molecule has 0 aliphatic carbocycles. The van der Waals surface area contributed by atoms with E-state index in [1.807, 2.05) is 16.7 Å². The molecule has 1 amide bonds. The van der Waals surface area contributed by atoms with Gasteiger partial charge in [-0.05, 0) is 25.2 Å². The van der Waals surface area contributed by atoms with Crippen LogP contribution in [-0.4, -0.2) is 59.1 Å². The molecule has 4 heteroatoms. The molecule has 2 atom stereocenters. The van der Waals surface area contributed by atoms with Crippen molar-refractivity contribution in [3.8, 4) is 0 Å². The maximum atomic E-state index is 12.1. The third kappa shape index (κ3) is 3.19. The van der Waals surface area contributed by atoms with Crippen LogP contribution in [0.1, 0.15) is 27.2 Å². The van der Waals surface area contributed by atoms with E-state index in [1.54, 1.807) is 0 Å². The molecule has 98 valence electrons. The molecule has 0 bridgehead atoms. The first kappa shape index (κ1) is 12.8. The van der Waals surface area contributed by atoms with Gasteiger partial charge in [-0.2, -0.15) is 0 Å². The number of hydrogen-bond donors (Lipinski definition) is 1. The van der Waals surface area contributed by atoms with Gasteiger partial charge in [0.25, 0.3) is 0 Å². The number of nitrogens with zero attached hydrogens (tertiary/aromatic N) is 2. The van der Waals surface area contributed by atoms with Gasteiger partial charge in [0, 0.05) is 26.2 Å². The molecular weight excluding hydrogens is 216 g/mol. The summed E-state index contributed by atoms with van der Waals surface area (Å²) in [5.74, 6) is 1.45. The molecule has 0 aromatic rings. The molecular formula is C13H24N2O2.